The number of carboxylic acids is 1. The van der Waals surface area contributed by atoms with Crippen molar-refractivity contribution < 1.29 is 14.7 Å². The summed E-state index contributed by atoms with van der Waals surface area (Å²) in [6.45, 7) is 2.00. The third-order valence-electron chi connectivity index (χ3n) is 2.35. The minimum atomic E-state index is -0.989. The standard InChI is InChI=1S/C11H22N2O3S/c1-3-4-8(12)7-10(14)13-9(11(15)16)5-6-17-2/h8-9H,3-7,12H2,1-2H3,(H,13,14)(H,15,16). The molecular weight excluding hydrogens is 240 g/mol. The van der Waals surface area contributed by atoms with E-state index in [-0.39, 0.29) is 18.4 Å². The zero-order valence-electron chi connectivity index (χ0n) is 10.4. The fraction of sp³-hybridized carbons (Fsp3) is 0.818. The molecule has 100 valence electrons. The van der Waals surface area contributed by atoms with Crippen LogP contribution in [0.4, 0.5) is 0 Å². The lowest BCUT2D eigenvalue weighted by Gasteiger charge is -2.16. The van der Waals surface area contributed by atoms with Gasteiger partial charge in [-0.2, -0.15) is 11.8 Å². The SMILES string of the molecule is CCCC(N)CC(=O)NC(CCSC)C(=O)O. The number of hydrogen-bond acceptors (Lipinski definition) is 4. The van der Waals surface area contributed by atoms with Gasteiger partial charge in [-0.05, 0) is 24.9 Å². The van der Waals surface area contributed by atoms with Crippen molar-refractivity contribution in [1.82, 2.24) is 5.32 Å². The van der Waals surface area contributed by atoms with Gasteiger partial charge in [-0.1, -0.05) is 13.3 Å². The van der Waals surface area contributed by atoms with E-state index < -0.39 is 12.0 Å². The molecule has 0 aromatic rings. The molecular formula is C11H22N2O3S. The van der Waals surface area contributed by atoms with Crippen molar-refractivity contribution in [2.24, 2.45) is 5.73 Å². The molecule has 0 saturated carbocycles. The Morgan fingerprint density at radius 2 is 2.06 bits per heavy atom. The van der Waals surface area contributed by atoms with Gasteiger partial charge in [0.05, 0.1) is 0 Å². The molecule has 4 N–H and O–H groups in total. The Bertz CT molecular complexity index is 249. The molecule has 0 radical (unpaired) electrons. The summed E-state index contributed by atoms with van der Waals surface area (Å²) in [7, 11) is 0. The highest BCUT2D eigenvalue weighted by Gasteiger charge is 2.20. The quantitative estimate of drug-likeness (QED) is 0.572. The molecule has 17 heavy (non-hydrogen) atoms. The molecule has 0 aliphatic rings. The number of carbonyl (C=O) groups is 2. The van der Waals surface area contributed by atoms with Gasteiger partial charge in [-0.15, -0.1) is 0 Å². The van der Waals surface area contributed by atoms with Gasteiger partial charge in [0.25, 0.3) is 0 Å². The lowest BCUT2D eigenvalue weighted by atomic mass is 10.1. The monoisotopic (exact) mass is 262 g/mol. The van der Waals surface area contributed by atoms with Crippen molar-refractivity contribution in [3.05, 3.63) is 0 Å². The van der Waals surface area contributed by atoms with Gasteiger partial charge in [0.15, 0.2) is 0 Å². The molecule has 2 atom stereocenters. The molecule has 0 aliphatic carbocycles. The summed E-state index contributed by atoms with van der Waals surface area (Å²) in [6, 6.07) is -0.987. The van der Waals surface area contributed by atoms with E-state index in [4.69, 9.17) is 10.8 Å². The topological polar surface area (TPSA) is 92.4 Å². The highest BCUT2D eigenvalue weighted by atomic mass is 32.2. The summed E-state index contributed by atoms with van der Waals surface area (Å²) in [6.07, 6.45) is 4.22. The molecule has 0 aromatic heterocycles. The Hall–Kier alpha value is -0.750. The molecule has 5 nitrogen and oxygen atoms in total. The summed E-state index contributed by atoms with van der Waals surface area (Å²) in [4.78, 5) is 22.4. The van der Waals surface area contributed by atoms with Crippen molar-refractivity contribution in [3.63, 3.8) is 0 Å². The normalized spacial score (nSPS) is 14.1. The summed E-state index contributed by atoms with van der Waals surface area (Å²) >= 11 is 1.56. The second-order valence-electron chi connectivity index (χ2n) is 3.99. The number of carbonyl (C=O) groups excluding carboxylic acids is 1. The first-order valence-electron chi connectivity index (χ1n) is 5.77. The van der Waals surface area contributed by atoms with Crippen LogP contribution in [-0.4, -0.2) is 41.1 Å². The van der Waals surface area contributed by atoms with Crippen LogP contribution in [0, 0.1) is 0 Å². The average Bonchev–Trinajstić information content (AvgIpc) is 2.23. The highest BCUT2D eigenvalue weighted by molar-refractivity contribution is 7.98. The van der Waals surface area contributed by atoms with Crippen LogP contribution in [0.15, 0.2) is 0 Å². The van der Waals surface area contributed by atoms with Gasteiger partial charge in [-0.3, -0.25) is 4.79 Å². The highest BCUT2D eigenvalue weighted by Crippen LogP contribution is 2.03. The molecule has 0 spiro atoms. The van der Waals surface area contributed by atoms with Gasteiger partial charge in [0.2, 0.25) is 5.91 Å². The number of hydrogen-bond donors (Lipinski definition) is 3. The maximum Gasteiger partial charge on any atom is 0.326 e. The largest absolute Gasteiger partial charge is 0.480 e. The van der Waals surface area contributed by atoms with Crippen molar-refractivity contribution in [3.8, 4) is 0 Å². The fourth-order valence-corrected chi connectivity index (χ4v) is 1.93. The number of carboxylic acid groups (broad SMARTS) is 1. The number of aliphatic carboxylic acids is 1. The first-order valence-corrected chi connectivity index (χ1v) is 7.17. The van der Waals surface area contributed by atoms with Gasteiger partial charge < -0.3 is 16.2 Å². The van der Waals surface area contributed by atoms with Crippen LogP contribution in [-0.2, 0) is 9.59 Å². The molecule has 1 amide bonds. The van der Waals surface area contributed by atoms with E-state index in [1.807, 2.05) is 13.2 Å². The minimum absolute atomic E-state index is 0.185. The number of amides is 1. The van der Waals surface area contributed by atoms with E-state index in [0.29, 0.717) is 12.2 Å². The van der Waals surface area contributed by atoms with Gasteiger partial charge in [0, 0.05) is 12.5 Å². The summed E-state index contributed by atoms with van der Waals surface area (Å²) < 4.78 is 0. The Kier molecular flexibility index (Phi) is 8.89. The Morgan fingerprint density at radius 1 is 1.41 bits per heavy atom. The minimum Gasteiger partial charge on any atom is -0.480 e. The third kappa shape index (κ3) is 8.04. The molecule has 0 rings (SSSR count). The number of nitrogens with two attached hydrogens (primary N) is 1. The van der Waals surface area contributed by atoms with E-state index in [1.54, 1.807) is 11.8 Å². The van der Waals surface area contributed by atoms with E-state index in [0.717, 1.165) is 12.8 Å². The fourth-order valence-electron chi connectivity index (χ4n) is 1.46. The zero-order valence-corrected chi connectivity index (χ0v) is 11.3. The molecule has 0 saturated heterocycles. The molecule has 0 heterocycles. The van der Waals surface area contributed by atoms with Crippen LogP contribution in [0.1, 0.15) is 32.6 Å². The predicted octanol–water partition coefficient (Wildman–Crippen LogP) is 0.826. The van der Waals surface area contributed by atoms with Crippen LogP contribution in [0.2, 0.25) is 0 Å². The van der Waals surface area contributed by atoms with Crippen LogP contribution >= 0.6 is 11.8 Å². The number of rotatable bonds is 9. The molecule has 0 bridgehead atoms. The Labute approximate surface area is 107 Å². The summed E-state index contributed by atoms with van der Waals surface area (Å²) in [5.74, 6) is -0.561. The van der Waals surface area contributed by atoms with Crippen molar-refractivity contribution in [2.45, 2.75) is 44.7 Å². The number of nitrogens with one attached hydrogen (secondary N) is 1. The summed E-state index contributed by atoms with van der Waals surface area (Å²) in [5, 5.41) is 11.4. The van der Waals surface area contributed by atoms with E-state index in [2.05, 4.69) is 5.32 Å². The van der Waals surface area contributed by atoms with Crippen molar-refractivity contribution in [1.29, 1.82) is 0 Å². The van der Waals surface area contributed by atoms with Crippen LogP contribution in [0.5, 0.6) is 0 Å². The molecule has 0 aliphatic heterocycles. The van der Waals surface area contributed by atoms with Crippen molar-refractivity contribution in [2.75, 3.05) is 12.0 Å². The number of thioether (sulfide) groups is 1. The molecule has 2 unspecified atom stereocenters. The second kappa shape index (κ2) is 9.30. The van der Waals surface area contributed by atoms with Gasteiger partial charge in [0.1, 0.15) is 6.04 Å². The van der Waals surface area contributed by atoms with Crippen LogP contribution in [0.3, 0.4) is 0 Å². The summed E-state index contributed by atoms with van der Waals surface area (Å²) in [5.41, 5.74) is 5.72. The third-order valence-corrected chi connectivity index (χ3v) is 2.99. The first-order chi connectivity index (χ1) is 8.01. The van der Waals surface area contributed by atoms with Crippen molar-refractivity contribution >= 4 is 23.6 Å². The average molecular weight is 262 g/mol. The Morgan fingerprint density at radius 3 is 2.53 bits per heavy atom. The molecule has 0 aromatic carbocycles. The molecule has 6 heteroatoms. The maximum absolute atomic E-state index is 11.5. The lowest BCUT2D eigenvalue weighted by Crippen LogP contribution is -2.43. The lowest BCUT2D eigenvalue weighted by molar-refractivity contribution is -0.141. The molecule has 0 fully saturated rings. The van der Waals surface area contributed by atoms with Gasteiger partial charge in [-0.25, -0.2) is 4.79 Å². The van der Waals surface area contributed by atoms with E-state index in [9.17, 15) is 9.59 Å². The van der Waals surface area contributed by atoms with E-state index >= 15 is 0 Å². The maximum atomic E-state index is 11.5. The van der Waals surface area contributed by atoms with Crippen LogP contribution in [0.25, 0.3) is 0 Å². The van der Waals surface area contributed by atoms with Gasteiger partial charge >= 0.3 is 5.97 Å². The van der Waals surface area contributed by atoms with E-state index in [1.165, 1.54) is 0 Å². The Balaban J connectivity index is 4.07. The smallest absolute Gasteiger partial charge is 0.326 e. The second-order valence-corrected chi connectivity index (χ2v) is 4.98. The van der Waals surface area contributed by atoms with Crippen LogP contribution < -0.4 is 11.1 Å². The zero-order chi connectivity index (χ0) is 13.3. The predicted molar refractivity (Wildman–Crippen MR) is 70.1 cm³/mol. The first kappa shape index (κ1) is 16.2.